The van der Waals surface area contributed by atoms with Crippen LogP contribution in [-0.2, 0) is 15.3 Å². The predicted molar refractivity (Wildman–Crippen MR) is 163 cm³/mol. The zero-order chi connectivity index (χ0) is 29.8. The summed E-state index contributed by atoms with van der Waals surface area (Å²) in [6, 6.07) is 18.7. The minimum absolute atomic E-state index is 0.0719. The molecule has 5 rings (SSSR count). The molecule has 2 heterocycles. The highest BCUT2D eigenvalue weighted by atomic mass is 35.5. The van der Waals surface area contributed by atoms with E-state index < -0.39 is 17.7 Å². The number of ketones is 1. The van der Waals surface area contributed by atoms with Crippen molar-refractivity contribution in [1.82, 2.24) is 10.2 Å². The van der Waals surface area contributed by atoms with Gasteiger partial charge in [-0.15, -0.1) is 10.2 Å². The minimum Gasteiger partial charge on any atom is -0.507 e. The maximum absolute atomic E-state index is 13.5. The Hall–Kier alpha value is -3.73. The molecule has 1 N–H and O–H groups in total. The number of ether oxygens (including phenoxy) is 1. The number of thioether (sulfide) groups is 1. The monoisotopic (exact) mass is 623 g/mol. The number of anilines is 1. The number of aromatic nitrogens is 2. The molecule has 0 spiro atoms. The van der Waals surface area contributed by atoms with Gasteiger partial charge in [-0.2, -0.15) is 0 Å². The van der Waals surface area contributed by atoms with Gasteiger partial charge < -0.3 is 9.84 Å². The van der Waals surface area contributed by atoms with Crippen LogP contribution in [0.2, 0.25) is 5.02 Å². The van der Waals surface area contributed by atoms with Gasteiger partial charge in [0, 0.05) is 16.3 Å². The molecule has 1 aliphatic rings. The Morgan fingerprint density at radius 3 is 2.55 bits per heavy atom. The molecule has 0 radical (unpaired) electrons. The highest BCUT2D eigenvalue weighted by Gasteiger charge is 2.48. The van der Waals surface area contributed by atoms with Crippen LogP contribution in [0.15, 0.2) is 82.7 Å². The molecular formula is C31H27ClFN3O4S2. The van der Waals surface area contributed by atoms with Crippen molar-refractivity contribution in [3.63, 3.8) is 0 Å². The summed E-state index contributed by atoms with van der Waals surface area (Å²) in [4.78, 5) is 28.3. The Bertz CT molecular complexity index is 1620. The topological polar surface area (TPSA) is 92.6 Å². The highest BCUT2D eigenvalue weighted by Crippen LogP contribution is 2.44. The molecule has 1 unspecified atom stereocenters. The number of amides is 1. The zero-order valence-electron chi connectivity index (χ0n) is 22.8. The number of halogens is 2. The van der Waals surface area contributed by atoms with Crippen LogP contribution >= 0.6 is 34.7 Å². The molecule has 1 amide bonds. The Morgan fingerprint density at radius 2 is 1.83 bits per heavy atom. The fourth-order valence-electron chi connectivity index (χ4n) is 4.38. The van der Waals surface area contributed by atoms with E-state index in [9.17, 15) is 19.1 Å². The minimum atomic E-state index is -0.975. The predicted octanol–water partition coefficient (Wildman–Crippen LogP) is 7.67. The zero-order valence-corrected chi connectivity index (χ0v) is 25.2. The molecule has 42 heavy (non-hydrogen) atoms. The number of hydrogen-bond donors (Lipinski definition) is 1. The van der Waals surface area contributed by atoms with E-state index in [0.29, 0.717) is 44.5 Å². The van der Waals surface area contributed by atoms with Gasteiger partial charge in [-0.05, 0) is 72.0 Å². The summed E-state index contributed by atoms with van der Waals surface area (Å²) >= 11 is 8.57. The molecule has 0 bridgehead atoms. The van der Waals surface area contributed by atoms with Crippen LogP contribution in [0.1, 0.15) is 43.0 Å². The molecule has 1 saturated heterocycles. The summed E-state index contributed by atoms with van der Waals surface area (Å²) in [5, 5.41) is 20.5. The van der Waals surface area contributed by atoms with Gasteiger partial charge in [0.05, 0.1) is 18.2 Å². The quantitative estimate of drug-likeness (QED) is 0.0637. The van der Waals surface area contributed by atoms with Crippen LogP contribution in [0.25, 0.3) is 5.76 Å². The SMILES string of the molecule is CC(C)CCOc1cccc(C2/C(=C(\O)c3ccc(Cl)cc3)C(=O)C(=O)N2c2nnc(SCc3ccc(F)cc3)s2)c1. The van der Waals surface area contributed by atoms with E-state index in [4.69, 9.17) is 16.3 Å². The van der Waals surface area contributed by atoms with Crippen molar-refractivity contribution < 1.29 is 23.8 Å². The van der Waals surface area contributed by atoms with Crippen molar-refractivity contribution in [2.24, 2.45) is 5.92 Å². The van der Waals surface area contributed by atoms with E-state index in [-0.39, 0.29) is 22.3 Å². The van der Waals surface area contributed by atoms with E-state index in [1.54, 1.807) is 54.6 Å². The molecule has 1 aromatic heterocycles. The summed E-state index contributed by atoms with van der Waals surface area (Å²) < 4.78 is 19.8. The first-order valence-corrected chi connectivity index (χ1v) is 15.4. The molecule has 1 fully saturated rings. The molecule has 0 saturated carbocycles. The molecule has 1 aliphatic heterocycles. The number of nitrogens with zero attached hydrogens (tertiary/aromatic N) is 3. The van der Waals surface area contributed by atoms with E-state index in [0.717, 1.165) is 23.3 Å². The lowest BCUT2D eigenvalue weighted by Gasteiger charge is -2.23. The van der Waals surface area contributed by atoms with Gasteiger partial charge in [0.25, 0.3) is 5.78 Å². The first-order valence-electron chi connectivity index (χ1n) is 13.2. The fourth-order valence-corrected chi connectivity index (χ4v) is 6.33. The van der Waals surface area contributed by atoms with Crippen LogP contribution in [0.4, 0.5) is 9.52 Å². The number of benzene rings is 3. The van der Waals surface area contributed by atoms with E-state index >= 15 is 0 Å². The summed E-state index contributed by atoms with van der Waals surface area (Å²) in [6.45, 7) is 4.73. The Kier molecular flexibility index (Phi) is 9.25. The molecular weight excluding hydrogens is 597 g/mol. The van der Waals surface area contributed by atoms with Crippen molar-refractivity contribution in [3.05, 3.63) is 106 Å². The first kappa shape index (κ1) is 29.8. The van der Waals surface area contributed by atoms with Gasteiger partial charge in [0.2, 0.25) is 5.13 Å². The lowest BCUT2D eigenvalue weighted by molar-refractivity contribution is -0.132. The second-order valence-corrected chi connectivity index (χ2v) is 12.7. The van der Waals surface area contributed by atoms with Crippen LogP contribution in [0, 0.1) is 11.7 Å². The number of carbonyl (C=O) groups is 2. The standard InChI is InChI=1S/C31H27ClFN3O4S2/c1-18(2)14-15-40-24-5-3-4-21(16-24)26-25(27(37)20-8-10-22(32)11-9-20)28(38)29(39)36(26)30-34-35-31(42-30)41-17-19-6-12-23(33)13-7-19/h3-13,16,18,26,37H,14-15,17H2,1-2H3/b27-25+. The van der Waals surface area contributed by atoms with Gasteiger partial charge in [0.1, 0.15) is 17.3 Å². The van der Waals surface area contributed by atoms with E-state index in [1.165, 1.54) is 28.8 Å². The average Bonchev–Trinajstić information content (AvgIpc) is 3.54. The fraction of sp³-hybridized carbons (Fsp3) is 0.226. The smallest absolute Gasteiger partial charge is 0.301 e. The van der Waals surface area contributed by atoms with Gasteiger partial charge in [0.15, 0.2) is 4.34 Å². The normalized spacial score (nSPS) is 16.4. The second-order valence-electron chi connectivity index (χ2n) is 10.0. The number of Topliss-reactive ketones (excluding diaryl/α,β-unsaturated/α-hetero) is 1. The van der Waals surface area contributed by atoms with Crippen LogP contribution in [-0.4, -0.2) is 33.6 Å². The van der Waals surface area contributed by atoms with Gasteiger partial charge in [-0.3, -0.25) is 14.5 Å². The maximum atomic E-state index is 13.5. The van der Waals surface area contributed by atoms with Crippen molar-refractivity contribution in [3.8, 4) is 5.75 Å². The molecule has 1 atom stereocenters. The van der Waals surface area contributed by atoms with Crippen molar-refractivity contribution in [2.45, 2.75) is 36.4 Å². The van der Waals surface area contributed by atoms with E-state index in [2.05, 4.69) is 24.0 Å². The van der Waals surface area contributed by atoms with Crippen molar-refractivity contribution >= 4 is 57.3 Å². The summed E-state index contributed by atoms with van der Waals surface area (Å²) in [6.07, 6.45) is 0.864. The van der Waals surface area contributed by atoms with Crippen LogP contribution in [0.3, 0.4) is 0 Å². The molecule has 7 nitrogen and oxygen atoms in total. The number of carbonyl (C=O) groups excluding carboxylic acids is 2. The maximum Gasteiger partial charge on any atom is 0.301 e. The molecule has 11 heteroatoms. The van der Waals surface area contributed by atoms with Gasteiger partial charge >= 0.3 is 5.91 Å². The largest absolute Gasteiger partial charge is 0.507 e. The lowest BCUT2D eigenvalue weighted by atomic mass is 9.95. The van der Waals surface area contributed by atoms with Crippen molar-refractivity contribution in [1.29, 1.82) is 0 Å². The lowest BCUT2D eigenvalue weighted by Crippen LogP contribution is -2.29. The summed E-state index contributed by atoms with van der Waals surface area (Å²) in [5.74, 6) is -0.736. The number of aliphatic hydroxyl groups is 1. The second kappa shape index (κ2) is 13.1. The average molecular weight is 624 g/mol. The molecule has 3 aromatic carbocycles. The third kappa shape index (κ3) is 6.67. The number of hydrogen-bond acceptors (Lipinski definition) is 8. The van der Waals surface area contributed by atoms with Gasteiger partial charge in [-0.1, -0.05) is 72.8 Å². The molecule has 216 valence electrons. The number of aliphatic hydroxyl groups excluding tert-OH is 1. The summed E-state index contributed by atoms with van der Waals surface area (Å²) in [7, 11) is 0. The van der Waals surface area contributed by atoms with Crippen LogP contribution < -0.4 is 9.64 Å². The number of rotatable bonds is 10. The summed E-state index contributed by atoms with van der Waals surface area (Å²) in [5.41, 5.74) is 1.75. The Balaban J connectivity index is 1.52. The van der Waals surface area contributed by atoms with Crippen LogP contribution in [0.5, 0.6) is 5.75 Å². The Morgan fingerprint density at radius 1 is 1.10 bits per heavy atom. The Labute approximate surface area is 256 Å². The third-order valence-electron chi connectivity index (χ3n) is 6.58. The third-order valence-corrected chi connectivity index (χ3v) is 8.96. The van der Waals surface area contributed by atoms with Crippen molar-refractivity contribution in [2.75, 3.05) is 11.5 Å². The molecule has 0 aliphatic carbocycles. The first-order chi connectivity index (χ1) is 20.2. The highest BCUT2D eigenvalue weighted by molar-refractivity contribution is 8.00. The van der Waals surface area contributed by atoms with E-state index in [1.807, 2.05) is 6.07 Å². The van der Waals surface area contributed by atoms with Gasteiger partial charge in [-0.25, -0.2) is 4.39 Å². The molecule has 4 aromatic rings.